The topological polar surface area (TPSA) is 110 Å². The minimum absolute atomic E-state index is 0.0903. The zero-order chi connectivity index (χ0) is 20.4. The lowest BCUT2D eigenvalue weighted by Crippen LogP contribution is -2.16. The molecule has 1 heterocycles. The third kappa shape index (κ3) is 3.97. The van der Waals surface area contributed by atoms with Gasteiger partial charge in [0, 0.05) is 0 Å². The number of hydrogen-bond acceptors (Lipinski definition) is 6. The summed E-state index contributed by atoms with van der Waals surface area (Å²) in [5, 5.41) is 3.09. The summed E-state index contributed by atoms with van der Waals surface area (Å²) in [6.07, 6.45) is 0. The van der Waals surface area contributed by atoms with Gasteiger partial charge in [0.15, 0.2) is 11.6 Å². The average molecular weight is 405 g/mol. The van der Waals surface area contributed by atoms with E-state index in [-0.39, 0.29) is 16.5 Å². The van der Waals surface area contributed by atoms with Crippen LogP contribution in [0.4, 0.5) is 23.0 Å². The molecule has 0 aliphatic heterocycles. The van der Waals surface area contributed by atoms with Crippen LogP contribution in [-0.2, 0) is 10.0 Å². The molecule has 0 saturated carbocycles. The quantitative estimate of drug-likeness (QED) is 0.432. The molecule has 4 rings (SSSR count). The van der Waals surface area contributed by atoms with Crippen molar-refractivity contribution in [3.05, 3.63) is 78.4 Å². The van der Waals surface area contributed by atoms with Crippen molar-refractivity contribution in [3.8, 4) is 0 Å². The number of rotatable bonds is 5. The van der Waals surface area contributed by atoms with Crippen molar-refractivity contribution in [1.82, 2.24) is 9.97 Å². The van der Waals surface area contributed by atoms with E-state index in [9.17, 15) is 8.42 Å². The molecular formula is C21H19N5O2S. The summed E-state index contributed by atoms with van der Waals surface area (Å²) in [5.74, 6) is 0.352. The number of nitrogens with two attached hydrogens (primary N) is 1. The van der Waals surface area contributed by atoms with E-state index in [1.807, 2.05) is 31.2 Å². The van der Waals surface area contributed by atoms with Gasteiger partial charge < -0.3 is 11.1 Å². The average Bonchev–Trinajstić information content (AvgIpc) is 2.70. The van der Waals surface area contributed by atoms with Crippen LogP contribution in [0.5, 0.6) is 0 Å². The highest BCUT2D eigenvalue weighted by Crippen LogP contribution is 2.29. The molecule has 0 radical (unpaired) electrons. The van der Waals surface area contributed by atoms with Gasteiger partial charge in [0.25, 0.3) is 10.0 Å². The van der Waals surface area contributed by atoms with E-state index >= 15 is 0 Å². The van der Waals surface area contributed by atoms with Gasteiger partial charge in [-0.1, -0.05) is 42.0 Å². The normalized spacial score (nSPS) is 11.3. The SMILES string of the molecule is Cc1ccc(S(=O)(=O)Nc2nc3ccccc3nc2Nc2ccccc2N)cc1. The molecule has 4 N–H and O–H groups in total. The van der Waals surface area contributed by atoms with Gasteiger partial charge >= 0.3 is 0 Å². The second-order valence-corrected chi connectivity index (χ2v) is 8.22. The van der Waals surface area contributed by atoms with E-state index in [2.05, 4.69) is 20.0 Å². The second-order valence-electron chi connectivity index (χ2n) is 6.54. The van der Waals surface area contributed by atoms with Gasteiger partial charge in [-0.3, -0.25) is 4.72 Å². The molecule has 0 saturated heterocycles. The van der Waals surface area contributed by atoms with Gasteiger partial charge in [-0.2, -0.15) is 0 Å². The predicted octanol–water partition coefficient (Wildman–Crippen LogP) is 4.06. The summed E-state index contributed by atoms with van der Waals surface area (Å²) in [6.45, 7) is 1.89. The Bertz CT molecular complexity index is 1290. The van der Waals surface area contributed by atoms with Gasteiger partial charge in [-0.05, 0) is 43.3 Å². The maximum Gasteiger partial charge on any atom is 0.263 e. The number of benzene rings is 3. The van der Waals surface area contributed by atoms with E-state index in [4.69, 9.17) is 5.73 Å². The highest BCUT2D eigenvalue weighted by molar-refractivity contribution is 7.92. The number of hydrogen-bond donors (Lipinski definition) is 3. The Labute approximate surface area is 168 Å². The Morgan fingerprint density at radius 3 is 2.03 bits per heavy atom. The molecule has 0 spiro atoms. The molecule has 0 aliphatic carbocycles. The Hall–Kier alpha value is -3.65. The van der Waals surface area contributed by atoms with Gasteiger partial charge in [0.05, 0.1) is 27.3 Å². The number of nitrogens with one attached hydrogen (secondary N) is 2. The first-order valence-corrected chi connectivity index (χ1v) is 10.4. The van der Waals surface area contributed by atoms with Crippen LogP contribution in [0.2, 0.25) is 0 Å². The lowest BCUT2D eigenvalue weighted by Gasteiger charge is -2.15. The smallest absolute Gasteiger partial charge is 0.263 e. The summed E-state index contributed by atoms with van der Waals surface area (Å²) in [4.78, 5) is 9.16. The molecule has 3 aromatic carbocycles. The Kier molecular flexibility index (Phi) is 4.77. The summed E-state index contributed by atoms with van der Waals surface area (Å²) >= 11 is 0. The van der Waals surface area contributed by atoms with Crippen molar-refractivity contribution in [2.45, 2.75) is 11.8 Å². The van der Waals surface area contributed by atoms with Crippen molar-refractivity contribution in [2.24, 2.45) is 0 Å². The van der Waals surface area contributed by atoms with Crippen LogP contribution in [-0.4, -0.2) is 18.4 Å². The molecule has 0 bridgehead atoms. The standard InChI is InChI=1S/C21H19N5O2S/c1-14-10-12-15(13-11-14)29(27,28)26-21-20(23-17-7-3-2-6-16(17)22)24-18-8-4-5-9-19(18)25-21/h2-13H,22H2,1H3,(H,23,24)(H,25,26). The van der Waals surface area contributed by atoms with Crippen LogP contribution in [0.25, 0.3) is 11.0 Å². The highest BCUT2D eigenvalue weighted by Gasteiger charge is 2.19. The number of nitrogen functional groups attached to an aromatic ring is 1. The molecule has 0 amide bonds. The Morgan fingerprint density at radius 2 is 1.38 bits per heavy atom. The third-order valence-electron chi connectivity index (χ3n) is 4.35. The molecule has 4 aromatic rings. The molecule has 0 aliphatic rings. The van der Waals surface area contributed by atoms with Gasteiger partial charge in [0.1, 0.15) is 0 Å². The first-order valence-electron chi connectivity index (χ1n) is 8.90. The zero-order valence-corrected chi connectivity index (χ0v) is 16.4. The minimum atomic E-state index is -3.85. The zero-order valence-electron chi connectivity index (χ0n) is 15.6. The van der Waals surface area contributed by atoms with E-state index in [1.54, 1.807) is 48.5 Å². The summed E-state index contributed by atoms with van der Waals surface area (Å²) < 4.78 is 28.3. The maximum absolute atomic E-state index is 12.9. The lowest BCUT2D eigenvalue weighted by molar-refractivity contribution is 0.601. The van der Waals surface area contributed by atoms with Crippen LogP contribution in [0, 0.1) is 6.92 Å². The fraction of sp³-hybridized carbons (Fsp3) is 0.0476. The lowest BCUT2D eigenvalue weighted by atomic mass is 10.2. The number of aromatic nitrogens is 2. The van der Waals surface area contributed by atoms with E-state index in [1.165, 1.54) is 0 Å². The summed E-state index contributed by atoms with van der Waals surface area (Å²) in [5.41, 5.74) is 9.29. The fourth-order valence-corrected chi connectivity index (χ4v) is 3.81. The number of anilines is 4. The predicted molar refractivity (Wildman–Crippen MR) is 116 cm³/mol. The van der Waals surface area contributed by atoms with Crippen LogP contribution in [0.15, 0.2) is 77.7 Å². The molecule has 0 atom stereocenters. The molecule has 29 heavy (non-hydrogen) atoms. The first-order chi connectivity index (χ1) is 13.9. The Balaban J connectivity index is 1.79. The molecule has 8 heteroatoms. The maximum atomic E-state index is 12.9. The Morgan fingerprint density at radius 1 is 0.793 bits per heavy atom. The summed E-state index contributed by atoms with van der Waals surface area (Å²) in [6, 6.07) is 21.0. The second kappa shape index (κ2) is 7.40. The molecular weight excluding hydrogens is 386 g/mol. The first kappa shape index (κ1) is 18.7. The number of aryl methyl sites for hydroxylation is 1. The van der Waals surface area contributed by atoms with Crippen molar-refractivity contribution < 1.29 is 8.42 Å². The molecule has 0 fully saturated rings. The number of fused-ring (bicyclic) bond motifs is 1. The van der Waals surface area contributed by atoms with Crippen molar-refractivity contribution in [3.63, 3.8) is 0 Å². The molecule has 1 aromatic heterocycles. The molecule has 7 nitrogen and oxygen atoms in total. The molecule has 0 unspecified atom stereocenters. The largest absolute Gasteiger partial charge is 0.397 e. The van der Waals surface area contributed by atoms with E-state index < -0.39 is 10.0 Å². The monoisotopic (exact) mass is 405 g/mol. The van der Waals surface area contributed by atoms with E-state index in [0.29, 0.717) is 22.4 Å². The highest BCUT2D eigenvalue weighted by atomic mass is 32.2. The van der Waals surface area contributed by atoms with Crippen molar-refractivity contribution in [2.75, 3.05) is 15.8 Å². The van der Waals surface area contributed by atoms with Gasteiger partial charge in [-0.15, -0.1) is 0 Å². The molecule has 146 valence electrons. The summed E-state index contributed by atoms with van der Waals surface area (Å²) in [7, 11) is -3.85. The number of sulfonamides is 1. The van der Waals surface area contributed by atoms with Gasteiger partial charge in [-0.25, -0.2) is 18.4 Å². The van der Waals surface area contributed by atoms with Crippen LogP contribution in [0.3, 0.4) is 0 Å². The van der Waals surface area contributed by atoms with Crippen molar-refractivity contribution in [1.29, 1.82) is 0 Å². The third-order valence-corrected chi connectivity index (χ3v) is 5.70. The minimum Gasteiger partial charge on any atom is -0.397 e. The number of para-hydroxylation sites is 4. The van der Waals surface area contributed by atoms with Gasteiger partial charge in [0.2, 0.25) is 0 Å². The van der Waals surface area contributed by atoms with E-state index in [0.717, 1.165) is 5.56 Å². The van der Waals surface area contributed by atoms with Crippen LogP contribution < -0.4 is 15.8 Å². The van der Waals surface area contributed by atoms with Crippen molar-refractivity contribution >= 4 is 44.1 Å². The fourth-order valence-electron chi connectivity index (χ4n) is 2.80. The van der Waals surface area contributed by atoms with Crippen LogP contribution >= 0.6 is 0 Å². The van der Waals surface area contributed by atoms with Crippen LogP contribution in [0.1, 0.15) is 5.56 Å². The number of nitrogens with zero attached hydrogens (tertiary/aromatic N) is 2.